The third-order valence-corrected chi connectivity index (χ3v) is 6.54. The number of amides is 1. The number of fused-ring (bicyclic) bond motifs is 2. The molecule has 158 valence electrons. The van der Waals surface area contributed by atoms with Crippen LogP contribution in [0.15, 0.2) is 41.4 Å². The summed E-state index contributed by atoms with van der Waals surface area (Å²) in [4.78, 5) is 29.5. The number of hydrogen-bond donors (Lipinski definition) is 0. The fourth-order valence-electron chi connectivity index (χ4n) is 4.92. The van der Waals surface area contributed by atoms with Gasteiger partial charge in [0.15, 0.2) is 0 Å². The molecule has 0 unspecified atom stereocenters. The molecular formula is C25H26N4O2. The average molecular weight is 415 g/mol. The Kier molecular flexibility index (Phi) is 5.14. The zero-order valence-corrected chi connectivity index (χ0v) is 17.8. The summed E-state index contributed by atoms with van der Waals surface area (Å²) in [5.74, 6) is 0.404. The van der Waals surface area contributed by atoms with E-state index in [0.717, 1.165) is 78.5 Å². The van der Waals surface area contributed by atoms with Crippen LogP contribution in [0.4, 0.5) is 5.69 Å². The number of aryl methyl sites for hydroxylation is 1. The van der Waals surface area contributed by atoms with Crippen LogP contribution in [-0.4, -0.2) is 46.2 Å². The number of piperidine rings is 1. The molecule has 0 saturated carbocycles. The third kappa shape index (κ3) is 3.56. The van der Waals surface area contributed by atoms with Crippen molar-refractivity contribution in [2.24, 2.45) is 4.99 Å². The van der Waals surface area contributed by atoms with Crippen molar-refractivity contribution in [1.82, 2.24) is 14.7 Å². The number of carbonyl (C=O) groups excluding carboxylic acids is 2. The van der Waals surface area contributed by atoms with Gasteiger partial charge in [0.05, 0.1) is 23.4 Å². The summed E-state index contributed by atoms with van der Waals surface area (Å²) in [6, 6.07) is 12.7. The van der Waals surface area contributed by atoms with Gasteiger partial charge in [-0.05, 0) is 60.6 Å². The molecule has 0 aliphatic carbocycles. The number of aromatic nitrogens is 2. The molecule has 0 spiro atoms. The Labute approximate surface area is 181 Å². The van der Waals surface area contributed by atoms with Crippen molar-refractivity contribution < 1.29 is 9.59 Å². The van der Waals surface area contributed by atoms with E-state index in [9.17, 15) is 9.59 Å². The molecule has 6 heteroatoms. The van der Waals surface area contributed by atoms with Gasteiger partial charge in [-0.2, -0.15) is 5.10 Å². The molecule has 0 radical (unpaired) electrons. The van der Waals surface area contributed by atoms with Crippen LogP contribution in [0, 0.1) is 0 Å². The van der Waals surface area contributed by atoms with E-state index in [0.29, 0.717) is 0 Å². The second kappa shape index (κ2) is 8.10. The molecule has 5 rings (SSSR count). The maximum absolute atomic E-state index is 11.8. The standard InChI is InChI=1S/C25H26N4O2/c1-17(31)28-12-9-18(10-13-28)25-24-21(5-2-6-23(24)29(27-25)14-15-30)19-7-8-22-20(16-19)4-3-11-26-22/h2,5-8,11,15-16,18H,3-4,9-10,12-14H2,1H3. The number of likely N-dealkylation sites (tertiary alicyclic amines) is 1. The lowest BCUT2D eigenvalue weighted by Gasteiger charge is -2.30. The van der Waals surface area contributed by atoms with E-state index in [1.165, 1.54) is 5.56 Å². The molecule has 3 heterocycles. The lowest BCUT2D eigenvalue weighted by atomic mass is 9.88. The maximum atomic E-state index is 11.8. The van der Waals surface area contributed by atoms with Crippen molar-refractivity contribution in [1.29, 1.82) is 0 Å². The van der Waals surface area contributed by atoms with Crippen LogP contribution in [0.2, 0.25) is 0 Å². The Balaban J connectivity index is 1.62. The summed E-state index contributed by atoms with van der Waals surface area (Å²) < 4.78 is 1.82. The molecule has 1 amide bonds. The quantitative estimate of drug-likeness (QED) is 0.599. The first-order valence-corrected chi connectivity index (χ1v) is 11.0. The van der Waals surface area contributed by atoms with Gasteiger partial charge in [-0.3, -0.25) is 14.5 Å². The van der Waals surface area contributed by atoms with Gasteiger partial charge in [0, 0.05) is 37.5 Å². The minimum atomic E-state index is 0.132. The first-order valence-electron chi connectivity index (χ1n) is 11.0. The van der Waals surface area contributed by atoms with Crippen LogP contribution in [0.1, 0.15) is 43.4 Å². The van der Waals surface area contributed by atoms with Crippen molar-refractivity contribution in [3.8, 4) is 11.1 Å². The first kappa shape index (κ1) is 19.7. The highest BCUT2D eigenvalue weighted by Crippen LogP contribution is 2.39. The highest BCUT2D eigenvalue weighted by atomic mass is 16.2. The SMILES string of the molecule is CC(=O)N1CCC(c2nn(CC=O)c3cccc(-c4ccc5c(c4)CCC=N5)c23)CC1. The van der Waals surface area contributed by atoms with Gasteiger partial charge in [0.2, 0.25) is 5.91 Å². The number of nitrogens with zero attached hydrogens (tertiary/aromatic N) is 4. The summed E-state index contributed by atoms with van der Waals surface area (Å²) in [6.45, 7) is 3.38. The van der Waals surface area contributed by atoms with Crippen molar-refractivity contribution in [3.05, 3.63) is 47.7 Å². The number of aliphatic imine (C=N–C) groups is 1. The van der Waals surface area contributed by atoms with Crippen molar-refractivity contribution >= 4 is 35.0 Å². The lowest BCUT2D eigenvalue weighted by molar-refractivity contribution is -0.129. The Morgan fingerprint density at radius 3 is 2.81 bits per heavy atom. The molecule has 1 fully saturated rings. The minimum absolute atomic E-state index is 0.132. The van der Waals surface area contributed by atoms with E-state index in [1.807, 2.05) is 27.9 Å². The zero-order chi connectivity index (χ0) is 21.4. The van der Waals surface area contributed by atoms with Crippen LogP contribution in [0.5, 0.6) is 0 Å². The lowest BCUT2D eigenvalue weighted by Crippen LogP contribution is -2.36. The van der Waals surface area contributed by atoms with Crippen LogP contribution in [-0.2, 0) is 22.6 Å². The molecule has 31 heavy (non-hydrogen) atoms. The summed E-state index contributed by atoms with van der Waals surface area (Å²) in [6.07, 6.45) is 6.64. The number of hydrogen-bond acceptors (Lipinski definition) is 4. The number of rotatable bonds is 4. The molecule has 0 atom stereocenters. The van der Waals surface area contributed by atoms with E-state index in [1.54, 1.807) is 6.92 Å². The van der Waals surface area contributed by atoms with E-state index >= 15 is 0 Å². The predicted molar refractivity (Wildman–Crippen MR) is 122 cm³/mol. The summed E-state index contributed by atoms with van der Waals surface area (Å²) in [5, 5.41) is 6.03. The van der Waals surface area contributed by atoms with Crippen LogP contribution in [0.25, 0.3) is 22.0 Å². The van der Waals surface area contributed by atoms with Crippen LogP contribution in [0.3, 0.4) is 0 Å². The third-order valence-electron chi connectivity index (χ3n) is 6.54. The van der Waals surface area contributed by atoms with Crippen LogP contribution >= 0.6 is 0 Å². The van der Waals surface area contributed by atoms with Gasteiger partial charge in [0.1, 0.15) is 6.29 Å². The maximum Gasteiger partial charge on any atom is 0.219 e. The molecule has 1 saturated heterocycles. The molecule has 3 aromatic rings. The van der Waals surface area contributed by atoms with Crippen molar-refractivity contribution in [2.45, 2.75) is 45.1 Å². The van der Waals surface area contributed by atoms with E-state index in [4.69, 9.17) is 5.10 Å². The molecule has 2 aliphatic heterocycles. The van der Waals surface area contributed by atoms with Gasteiger partial charge in [-0.15, -0.1) is 0 Å². The Hall–Kier alpha value is -3.28. The largest absolute Gasteiger partial charge is 0.343 e. The Bertz CT molecular complexity index is 1190. The summed E-state index contributed by atoms with van der Waals surface area (Å²) in [5.41, 5.74) is 6.67. The molecule has 1 aromatic heterocycles. The summed E-state index contributed by atoms with van der Waals surface area (Å²) in [7, 11) is 0. The molecule has 2 aliphatic rings. The molecule has 2 aromatic carbocycles. The molecule has 0 N–H and O–H groups in total. The second-order valence-electron chi connectivity index (χ2n) is 8.41. The monoisotopic (exact) mass is 414 g/mol. The molecular weight excluding hydrogens is 388 g/mol. The first-order chi connectivity index (χ1) is 15.2. The Morgan fingerprint density at radius 2 is 2.03 bits per heavy atom. The minimum Gasteiger partial charge on any atom is -0.343 e. The van der Waals surface area contributed by atoms with E-state index < -0.39 is 0 Å². The van der Waals surface area contributed by atoms with Crippen molar-refractivity contribution in [3.63, 3.8) is 0 Å². The van der Waals surface area contributed by atoms with Crippen LogP contribution < -0.4 is 0 Å². The number of benzene rings is 2. The predicted octanol–water partition coefficient (Wildman–Crippen LogP) is 4.28. The Morgan fingerprint density at radius 1 is 1.19 bits per heavy atom. The van der Waals surface area contributed by atoms with Gasteiger partial charge in [-0.1, -0.05) is 18.2 Å². The highest BCUT2D eigenvalue weighted by Gasteiger charge is 2.27. The van der Waals surface area contributed by atoms with Gasteiger partial charge in [-0.25, -0.2) is 0 Å². The van der Waals surface area contributed by atoms with Gasteiger partial charge in [0.25, 0.3) is 0 Å². The van der Waals surface area contributed by atoms with Gasteiger partial charge < -0.3 is 9.69 Å². The molecule has 0 bridgehead atoms. The topological polar surface area (TPSA) is 67.6 Å². The van der Waals surface area contributed by atoms with Crippen molar-refractivity contribution in [2.75, 3.05) is 13.1 Å². The number of aldehydes is 1. The fourth-order valence-corrected chi connectivity index (χ4v) is 4.92. The summed E-state index contributed by atoms with van der Waals surface area (Å²) >= 11 is 0. The normalized spacial score (nSPS) is 16.5. The van der Waals surface area contributed by atoms with Gasteiger partial charge >= 0.3 is 0 Å². The smallest absolute Gasteiger partial charge is 0.219 e. The zero-order valence-electron chi connectivity index (χ0n) is 17.8. The average Bonchev–Trinajstić information content (AvgIpc) is 3.18. The van der Waals surface area contributed by atoms with E-state index in [2.05, 4.69) is 29.3 Å². The second-order valence-corrected chi connectivity index (χ2v) is 8.41. The highest BCUT2D eigenvalue weighted by molar-refractivity contribution is 5.98. The molecule has 6 nitrogen and oxygen atoms in total. The van der Waals surface area contributed by atoms with E-state index in [-0.39, 0.29) is 18.4 Å². The fraction of sp³-hybridized carbons (Fsp3) is 0.360. The number of carbonyl (C=O) groups is 2.